The van der Waals surface area contributed by atoms with Crippen LogP contribution in [0.4, 0.5) is 5.69 Å². The van der Waals surface area contributed by atoms with Crippen LogP contribution in [0.15, 0.2) is 53.4 Å². The first-order valence-electron chi connectivity index (χ1n) is 5.02. The van der Waals surface area contributed by atoms with Crippen molar-refractivity contribution in [3.05, 3.63) is 57.1 Å². The summed E-state index contributed by atoms with van der Waals surface area (Å²) in [6.07, 6.45) is 0. The summed E-state index contributed by atoms with van der Waals surface area (Å²) in [6.45, 7) is 0. The molecule has 2 rings (SSSR count). The summed E-state index contributed by atoms with van der Waals surface area (Å²) in [5.74, 6) is 0. The summed E-state index contributed by atoms with van der Waals surface area (Å²) in [4.78, 5) is 0.232. The highest BCUT2D eigenvalue weighted by Gasteiger charge is 2.14. The number of halogens is 2. The standard InChI is InChI=1S/C12H9ClINO2S/c13-9-6-7-12(11(14)8-9)15-18(16,17)10-4-2-1-3-5-10/h1-8,15H. The maximum absolute atomic E-state index is 12.1. The summed E-state index contributed by atoms with van der Waals surface area (Å²) >= 11 is 7.86. The van der Waals surface area contributed by atoms with Crippen molar-refractivity contribution in [1.29, 1.82) is 0 Å². The van der Waals surface area contributed by atoms with Crippen molar-refractivity contribution in [1.82, 2.24) is 0 Å². The van der Waals surface area contributed by atoms with Gasteiger partial charge in [-0.05, 0) is 52.9 Å². The minimum Gasteiger partial charge on any atom is -0.279 e. The predicted octanol–water partition coefficient (Wildman–Crippen LogP) is 3.75. The normalized spacial score (nSPS) is 11.2. The lowest BCUT2D eigenvalue weighted by molar-refractivity contribution is 0.601. The lowest BCUT2D eigenvalue weighted by Gasteiger charge is -2.09. The lowest BCUT2D eigenvalue weighted by atomic mass is 10.3. The molecule has 0 aliphatic heterocycles. The first kappa shape index (κ1) is 13.6. The molecule has 94 valence electrons. The highest BCUT2D eigenvalue weighted by Crippen LogP contribution is 2.24. The van der Waals surface area contributed by atoms with E-state index in [1.807, 2.05) is 22.6 Å². The Balaban J connectivity index is 2.34. The molecule has 0 aromatic heterocycles. The molecule has 0 saturated carbocycles. The van der Waals surface area contributed by atoms with Crippen molar-refractivity contribution >= 4 is 49.9 Å². The maximum atomic E-state index is 12.1. The third kappa shape index (κ3) is 3.15. The second-order valence-corrected chi connectivity index (χ2v) is 6.82. The van der Waals surface area contributed by atoms with Gasteiger partial charge in [0, 0.05) is 8.59 Å². The van der Waals surface area contributed by atoms with Crippen molar-refractivity contribution in [2.75, 3.05) is 4.72 Å². The van der Waals surface area contributed by atoms with E-state index in [0.717, 1.165) is 3.57 Å². The van der Waals surface area contributed by atoms with Crippen molar-refractivity contribution in [2.45, 2.75) is 4.90 Å². The van der Waals surface area contributed by atoms with Gasteiger partial charge in [-0.1, -0.05) is 29.8 Å². The van der Waals surface area contributed by atoms with Crippen LogP contribution < -0.4 is 4.72 Å². The first-order valence-corrected chi connectivity index (χ1v) is 7.96. The van der Waals surface area contributed by atoms with Gasteiger partial charge < -0.3 is 0 Å². The Morgan fingerprint density at radius 3 is 2.33 bits per heavy atom. The minimum atomic E-state index is -3.55. The van der Waals surface area contributed by atoms with Crippen LogP contribution >= 0.6 is 34.2 Å². The Morgan fingerprint density at radius 2 is 1.72 bits per heavy atom. The predicted molar refractivity (Wildman–Crippen MR) is 81.4 cm³/mol. The number of hydrogen-bond donors (Lipinski definition) is 1. The Morgan fingerprint density at radius 1 is 1.06 bits per heavy atom. The summed E-state index contributed by atoms with van der Waals surface area (Å²) in [6, 6.07) is 13.2. The summed E-state index contributed by atoms with van der Waals surface area (Å²) in [5.41, 5.74) is 0.517. The number of hydrogen-bond acceptors (Lipinski definition) is 2. The largest absolute Gasteiger partial charge is 0.279 e. The molecule has 1 N–H and O–H groups in total. The summed E-state index contributed by atoms with van der Waals surface area (Å²) in [5, 5.41) is 0.571. The smallest absolute Gasteiger partial charge is 0.261 e. The van der Waals surface area contributed by atoms with Crippen molar-refractivity contribution in [2.24, 2.45) is 0 Å². The van der Waals surface area contributed by atoms with Crippen LogP contribution in [0.3, 0.4) is 0 Å². The molecular weight excluding hydrogens is 385 g/mol. The molecule has 0 radical (unpaired) electrons. The van der Waals surface area contributed by atoms with Gasteiger partial charge >= 0.3 is 0 Å². The van der Waals surface area contributed by atoms with Crippen molar-refractivity contribution in [3.8, 4) is 0 Å². The van der Waals surface area contributed by atoms with Crippen molar-refractivity contribution < 1.29 is 8.42 Å². The fourth-order valence-electron chi connectivity index (χ4n) is 1.38. The Labute approximate surface area is 124 Å². The van der Waals surface area contributed by atoms with E-state index in [-0.39, 0.29) is 4.90 Å². The van der Waals surface area contributed by atoms with Gasteiger partial charge in [-0.25, -0.2) is 8.42 Å². The average molecular weight is 394 g/mol. The zero-order valence-corrected chi connectivity index (χ0v) is 12.8. The summed E-state index contributed by atoms with van der Waals surface area (Å²) in [7, 11) is -3.55. The maximum Gasteiger partial charge on any atom is 0.261 e. The van der Waals surface area contributed by atoms with Gasteiger partial charge in [0.05, 0.1) is 10.6 Å². The molecule has 0 atom stereocenters. The Bertz CT molecular complexity index is 659. The second-order valence-electron chi connectivity index (χ2n) is 3.54. The molecule has 0 unspecified atom stereocenters. The number of rotatable bonds is 3. The van der Waals surface area contributed by atoms with E-state index in [1.165, 1.54) is 0 Å². The highest BCUT2D eigenvalue weighted by molar-refractivity contribution is 14.1. The van der Waals surface area contributed by atoms with Gasteiger partial charge in [-0.15, -0.1) is 0 Å². The second kappa shape index (κ2) is 5.46. The molecule has 0 bridgehead atoms. The van der Waals surface area contributed by atoms with Crippen LogP contribution in [0, 0.1) is 3.57 Å². The number of anilines is 1. The minimum absolute atomic E-state index is 0.232. The average Bonchev–Trinajstić information content (AvgIpc) is 2.34. The Hall–Kier alpha value is -0.790. The van der Waals surface area contributed by atoms with Crippen LogP contribution in [0.1, 0.15) is 0 Å². The molecule has 3 nitrogen and oxygen atoms in total. The molecule has 0 amide bonds. The van der Waals surface area contributed by atoms with Gasteiger partial charge in [0.2, 0.25) is 0 Å². The number of sulfonamides is 1. The van der Waals surface area contributed by atoms with Crippen LogP contribution in [-0.2, 0) is 10.0 Å². The Kier molecular flexibility index (Phi) is 4.14. The molecule has 18 heavy (non-hydrogen) atoms. The molecule has 0 fully saturated rings. The molecule has 2 aromatic carbocycles. The van der Waals surface area contributed by atoms with Crippen LogP contribution in [0.25, 0.3) is 0 Å². The third-order valence-corrected chi connectivity index (χ3v) is 4.74. The molecule has 2 aromatic rings. The van der Waals surface area contributed by atoms with Crippen LogP contribution in [0.2, 0.25) is 5.02 Å². The molecule has 0 aliphatic rings. The molecule has 0 spiro atoms. The monoisotopic (exact) mass is 393 g/mol. The zero-order valence-electron chi connectivity index (χ0n) is 9.10. The molecule has 0 heterocycles. The van der Waals surface area contributed by atoms with E-state index in [0.29, 0.717) is 10.7 Å². The zero-order chi connectivity index (χ0) is 13.2. The molecule has 0 aliphatic carbocycles. The van der Waals surface area contributed by atoms with Gasteiger partial charge in [0.25, 0.3) is 10.0 Å². The van der Waals surface area contributed by atoms with Gasteiger partial charge in [0.1, 0.15) is 0 Å². The molecular formula is C12H9ClINO2S. The van der Waals surface area contributed by atoms with Crippen LogP contribution in [-0.4, -0.2) is 8.42 Å². The van der Waals surface area contributed by atoms with E-state index in [2.05, 4.69) is 4.72 Å². The third-order valence-electron chi connectivity index (χ3n) is 2.23. The van der Waals surface area contributed by atoms with E-state index < -0.39 is 10.0 Å². The lowest BCUT2D eigenvalue weighted by Crippen LogP contribution is -2.13. The van der Waals surface area contributed by atoms with Gasteiger partial charge in [-0.3, -0.25) is 4.72 Å². The number of benzene rings is 2. The topological polar surface area (TPSA) is 46.2 Å². The SMILES string of the molecule is O=S(=O)(Nc1ccc(Cl)cc1I)c1ccccc1. The van der Waals surface area contributed by atoms with Crippen molar-refractivity contribution in [3.63, 3.8) is 0 Å². The van der Waals surface area contributed by atoms with E-state index >= 15 is 0 Å². The van der Waals surface area contributed by atoms with E-state index in [9.17, 15) is 8.42 Å². The fraction of sp³-hybridized carbons (Fsp3) is 0. The van der Waals surface area contributed by atoms with Gasteiger partial charge in [-0.2, -0.15) is 0 Å². The van der Waals surface area contributed by atoms with Gasteiger partial charge in [0.15, 0.2) is 0 Å². The van der Waals surface area contributed by atoms with E-state index in [1.54, 1.807) is 48.5 Å². The fourth-order valence-corrected chi connectivity index (χ4v) is 3.67. The van der Waals surface area contributed by atoms with Crippen LogP contribution in [0.5, 0.6) is 0 Å². The number of nitrogens with one attached hydrogen (secondary N) is 1. The summed E-state index contributed by atoms with van der Waals surface area (Å²) < 4.78 is 27.5. The highest BCUT2D eigenvalue weighted by atomic mass is 127. The quantitative estimate of drug-likeness (QED) is 0.808. The first-order chi connectivity index (χ1) is 8.49. The molecule has 0 saturated heterocycles. The van der Waals surface area contributed by atoms with E-state index in [4.69, 9.17) is 11.6 Å². The molecule has 6 heteroatoms.